The number of hydrogen-bond donors (Lipinski definition) is 4. The Kier molecular flexibility index (Phi) is 6.75. The van der Waals surface area contributed by atoms with Crippen LogP contribution in [0.3, 0.4) is 0 Å². The molecule has 4 rings (SSSR count). The van der Waals surface area contributed by atoms with Crippen molar-refractivity contribution in [1.29, 1.82) is 0 Å². The summed E-state index contributed by atoms with van der Waals surface area (Å²) in [6, 6.07) is 22.3. The molecule has 2 aromatic heterocycles. The van der Waals surface area contributed by atoms with Crippen molar-refractivity contribution >= 4 is 40.5 Å². The summed E-state index contributed by atoms with van der Waals surface area (Å²) in [6.07, 6.45) is 2.68. The third kappa shape index (κ3) is 6.27. The maximum atomic E-state index is 12.3. The number of carbonyl (C=O) groups is 1. The van der Waals surface area contributed by atoms with Gasteiger partial charge in [-0.3, -0.25) is 0 Å². The van der Waals surface area contributed by atoms with Gasteiger partial charge in [-0.2, -0.15) is 0 Å². The predicted molar refractivity (Wildman–Crippen MR) is 132 cm³/mol. The van der Waals surface area contributed by atoms with E-state index in [2.05, 4.69) is 43.1 Å². The molecular weight excluding hydrogens is 414 g/mol. The molecule has 33 heavy (non-hydrogen) atoms. The Morgan fingerprint density at radius 3 is 1.97 bits per heavy atom. The number of aryl methyl sites for hydroxylation is 2. The highest BCUT2D eigenvalue weighted by Crippen LogP contribution is 2.21. The number of anilines is 6. The van der Waals surface area contributed by atoms with E-state index in [0.29, 0.717) is 29.0 Å². The third-order valence-corrected chi connectivity index (χ3v) is 4.79. The summed E-state index contributed by atoms with van der Waals surface area (Å²) in [5.74, 6) is 2.62. The lowest BCUT2D eigenvalue weighted by atomic mass is 10.1. The Morgan fingerprint density at radius 1 is 0.758 bits per heavy atom. The van der Waals surface area contributed by atoms with Gasteiger partial charge in [-0.05, 0) is 67.4 Å². The molecule has 2 amide bonds. The minimum Gasteiger partial charge on any atom is -0.340 e. The Bertz CT molecular complexity index is 1210. The topological polar surface area (TPSA) is 104 Å². The van der Waals surface area contributed by atoms with Gasteiger partial charge < -0.3 is 21.3 Å². The first-order valence-corrected chi connectivity index (χ1v) is 10.6. The van der Waals surface area contributed by atoms with Gasteiger partial charge in [0.1, 0.15) is 23.3 Å². The van der Waals surface area contributed by atoms with Crippen LogP contribution in [0.25, 0.3) is 0 Å². The molecule has 0 saturated heterocycles. The molecule has 0 fully saturated rings. The van der Waals surface area contributed by atoms with Crippen LogP contribution in [0, 0.1) is 6.92 Å². The van der Waals surface area contributed by atoms with Crippen molar-refractivity contribution in [3.05, 3.63) is 90.4 Å². The summed E-state index contributed by atoms with van der Waals surface area (Å²) in [5, 5.41) is 12.1. The third-order valence-electron chi connectivity index (χ3n) is 4.79. The zero-order chi connectivity index (χ0) is 23.0. The van der Waals surface area contributed by atoms with Crippen LogP contribution in [0.2, 0.25) is 0 Å². The molecule has 0 radical (unpaired) electrons. The molecule has 4 N–H and O–H groups in total. The maximum Gasteiger partial charge on any atom is 0.323 e. The predicted octanol–water partition coefficient (Wildman–Crippen LogP) is 5.87. The van der Waals surface area contributed by atoms with Crippen LogP contribution in [0.4, 0.5) is 39.3 Å². The summed E-state index contributed by atoms with van der Waals surface area (Å²) in [4.78, 5) is 25.4. The molecule has 166 valence electrons. The van der Waals surface area contributed by atoms with E-state index in [1.54, 1.807) is 6.20 Å². The molecule has 0 saturated carbocycles. The average molecular weight is 440 g/mol. The number of rotatable bonds is 7. The van der Waals surface area contributed by atoms with Gasteiger partial charge in [0.05, 0.1) is 0 Å². The Balaban J connectivity index is 1.36. The van der Waals surface area contributed by atoms with Gasteiger partial charge in [-0.25, -0.2) is 19.7 Å². The van der Waals surface area contributed by atoms with Gasteiger partial charge in [-0.1, -0.05) is 25.1 Å². The van der Waals surface area contributed by atoms with E-state index in [0.717, 1.165) is 17.8 Å². The molecule has 8 nitrogen and oxygen atoms in total. The van der Waals surface area contributed by atoms with E-state index in [-0.39, 0.29) is 6.03 Å². The van der Waals surface area contributed by atoms with Crippen LogP contribution in [0.1, 0.15) is 18.3 Å². The van der Waals surface area contributed by atoms with E-state index in [4.69, 9.17) is 0 Å². The number of pyridine rings is 1. The minimum absolute atomic E-state index is 0.295. The van der Waals surface area contributed by atoms with Gasteiger partial charge in [0.2, 0.25) is 0 Å². The summed E-state index contributed by atoms with van der Waals surface area (Å²) in [5.41, 5.74) is 3.48. The molecule has 0 bridgehead atoms. The summed E-state index contributed by atoms with van der Waals surface area (Å²) in [6.45, 7) is 3.92. The number of carbonyl (C=O) groups excluding carboxylic acids is 1. The first kappa shape index (κ1) is 21.8. The van der Waals surface area contributed by atoms with Gasteiger partial charge in [0, 0.05) is 29.3 Å². The molecular formula is C25H25N7O. The maximum absolute atomic E-state index is 12.3. The van der Waals surface area contributed by atoms with Crippen LogP contribution >= 0.6 is 0 Å². The highest BCUT2D eigenvalue weighted by molar-refractivity contribution is 5.99. The van der Waals surface area contributed by atoms with Crippen LogP contribution in [0.5, 0.6) is 0 Å². The second kappa shape index (κ2) is 10.2. The van der Waals surface area contributed by atoms with E-state index >= 15 is 0 Å². The number of urea groups is 1. The number of hydrogen-bond acceptors (Lipinski definition) is 6. The zero-order valence-electron chi connectivity index (χ0n) is 18.5. The number of nitrogens with zero attached hydrogens (tertiary/aromatic N) is 3. The minimum atomic E-state index is -0.295. The molecule has 2 heterocycles. The van der Waals surface area contributed by atoms with E-state index in [1.165, 1.54) is 5.56 Å². The highest BCUT2D eigenvalue weighted by Gasteiger charge is 2.06. The van der Waals surface area contributed by atoms with Crippen LogP contribution in [-0.2, 0) is 6.42 Å². The van der Waals surface area contributed by atoms with Gasteiger partial charge in [0.15, 0.2) is 0 Å². The number of nitrogens with one attached hydrogen (secondary N) is 4. The van der Waals surface area contributed by atoms with Crippen molar-refractivity contribution in [2.75, 3.05) is 21.3 Å². The van der Waals surface area contributed by atoms with Gasteiger partial charge >= 0.3 is 6.03 Å². The average Bonchev–Trinajstić information content (AvgIpc) is 2.81. The van der Waals surface area contributed by atoms with Gasteiger partial charge in [0.25, 0.3) is 0 Å². The van der Waals surface area contributed by atoms with Crippen LogP contribution in [0.15, 0.2) is 79.0 Å². The summed E-state index contributed by atoms with van der Waals surface area (Å²) in [7, 11) is 0. The molecule has 0 aliphatic rings. The van der Waals surface area contributed by atoms with Gasteiger partial charge in [-0.15, -0.1) is 0 Å². The van der Waals surface area contributed by atoms with E-state index < -0.39 is 0 Å². The molecule has 2 aromatic carbocycles. The Morgan fingerprint density at radius 2 is 1.36 bits per heavy atom. The number of benzene rings is 2. The zero-order valence-corrected chi connectivity index (χ0v) is 18.5. The second-order valence-corrected chi connectivity index (χ2v) is 7.36. The summed E-state index contributed by atoms with van der Waals surface area (Å²) >= 11 is 0. The fraction of sp³-hybridized carbons (Fsp3) is 0.120. The molecule has 0 atom stereocenters. The van der Waals surface area contributed by atoms with E-state index in [9.17, 15) is 4.79 Å². The van der Waals surface area contributed by atoms with Crippen LogP contribution < -0.4 is 21.3 Å². The Hall–Kier alpha value is -4.46. The first-order valence-electron chi connectivity index (χ1n) is 10.6. The lowest BCUT2D eigenvalue weighted by Gasteiger charge is -2.11. The largest absolute Gasteiger partial charge is 0.340 e. The molecule has 8 heteroatoms. The second-order valence-electron chi connectivity index (χ2n) is 7.36. The summed E-state index contributed by atoms with van der Waals surface area (Å²) < 4.78 is 0. The van der Waals surface area contributed by atoms with Crippen molar-refractivity contribution in [2.45, 2.75) is 20.3 Å². The molecule has 0 spiro atoms. The first-order chi connectivity index (χ1) is 16.1. The van der Waals surface area contributed by atoms with Crippen molar-refractivity contribution in [2.24, 2.45) is 0 Å². The standard InChI is InChI=1S/C25H25N7O/c1-3-18-7-9-20(10-8-18)30-25(33)31-21-13-11-19(12-14-21)29-23-16-24(28-17(2)27-23)32-22-6-4-5-15-26-22/h4-16H,3H2,1-2H3,(H2,30,31,33)(H2,26,27,28,29,32). The van der Waals surface area contributed by atoms with E-state index in [1.807, 2.05) is 79.7 Å². The Labute approximate surface area is 192 Å². The molecule has 0 aliphatic heterocycles. The number of aromatic nitrogens is 3. The molecule has 0 aliphatic carbocycles. The molecule has 0 unspecified atom stereocenters. The lowest BCUT2D eigenvalue weighted by molar-refractivity contribution is 0.262. The van der Waals surface area contributed by atoms with Crippen LogP contribution in [-0.4, -0.2) is 21.0 Å². The smallest absolute Gasteiger partial charge is 0.323 e. The van der Waals surface area contributed by atoms with Crippen molar-refractivity contribution in [1.82, 2.24) is 15.0 Å². The van der Waals surface area contributed by atoms with Crippen molar-refractivity contribution in [3.8, 4) is 0 Å². The lowest BCUT2D eigenvalue weighted by Crippen LogP contribution is -2.19. The number of amides is 2. The van der Waals surface area contributed by atoms with Crippen molar-refractivity contribution < 1.29 is 4.79 Å². The normalized spacial score (nSPS) is 10.4. The fourth-order valence-corrected chi connectivity index (χ4v) is 3.17. The van der Waals surface area contributed by atoms with Crippen molar-refractivity contribution in [3.63, 3.8) is 0 Å². The highest BCUT2D eigenvalue weighted by atomic mass is 16.2. The quantitative estimate of drug-likeness (QED) is 0.287. The SMILES string of the molecule is CCc1ccc(NC(=O)Nc2ccc(Nc3cc(Nc4ccccn4)nc(C)n3)cc2)cc1. The fourth-order valence-electron chi connectivity index (χ4n) is 3.17. The monoisotopic (exact) mass is 439 g/mol. The molecule has 4 aromatic rings.